The molecule has 2 saturated heterocycles. The van der Waals surface area contributed by atoms with E-state index in [9.17, 15) is 14.7 Å². The van der Waals surface area contributed by atoms with Gasteiger partial charge in [0.1, 0.15) is 23.0 Å². The van der Waals surface area contributed by atoms with Gasteiger partial charge >= 0.3 is 5.97 Å². The standard InChI is InChI=1S/C30H30Cl2N6O4/c1-35(2)20-14-36(15-20)27-8-7-18(13-34-27)38-16-22(30(40)41)28(39)21-11-24(32)26(12-25(21)38)37-10-4-5-19(37)17-42-29-23(31)6-3-9-33-29/h3,6-9,11-13,16,19-20H,4-5,10,14-15,17H2,1-2H3,(H,40,41)/t19-/m0/s1. The number of carboxylic acids is 1. The number of likely N-dealkylation sites (N-methyl/N-ethyl adjacent to an activating group) is 1. The molecule has 1 atom stereocenters. The lowest BCUT2D eigenvalue weighted by atomic mass is 10.1. The zero-order chi connectivity index (χ0) is 29.5. The Morgan fingerprint density at radius 1 is 1.14 bits per heavy atom. The molecule has 2 aliphatic heterocycles. The number of anilines is 2. The Hall–Kier alpha value is -3.86. The van der Waals surface area contributed by atoms with Crippen LogP contribution in [0.15, 0.2) is 59.8 Å². The van der Waals surface area contributed by atoms with E-state index < -0.39 is 11.4 Å². The minimum Gasteiger partial charge on any atom is -0.477 e. The van der Waals surface area contributed by atoms with E-state index in [4.69, 9.17) is 27.9 Å². The van der Waals surface area contributed by atoms with Gasteiger partial charge in [-0.1, -0.05) is 23.2 Å². The smallest absolute Gasteiger partial charge is 0.341 e. The number of nitrogens with zero attached hydrogens (tertiary/aromatic N) is 6. The van der Waals surface area contributed by atoms with Crippen molar-refractivity contribution >= 4 is 51.6 Å². The van der Waals surface area contributed by atoms with Crippen LogP contribution in [0.1, 0.15) is 23.2 Å². The molecule has 12 heteroatoms. The number of aromatic carboxylic acids is 1. The molecule has 0 radical (unpaired) electrons. The third-order valence-electron chi connectivity index (χ3n) is 8.05. The molecular formula is C30H30Cl2N6O4. The summed E-state index contributed by atoms with van der Waals surface area (Å²) in [4.78, 5) is 40.7. The molecule has 4 aromatic rings. The number of fused-ring (bicyclic) bond motifs is 1. The topological polar surface area (TPSA) is 104 Å². The molecule has 6 rings (SSSR count). The lowest BCUT2D eigenvalue weighted by molar-refractivity contribution is 0.0695. The highest BCUT2D eigenvalue weighted by molar-refractivity contribution is 6.34. The van der Waals surface area contributed by atoms with Gasteiger partial charge in [-0.05, 0) is 63.3 Å². The van der Waals surface area contributed by atoms with Gasteiger partial charge in [0.05, 0.1) is 34.2 Å². The Kier molecular flexibility index (Phi) is 7.69. The molecule has 0 aliphatic carbocycles. The van der Waals surface area contributed by atoms with Crippen LogP contribution in [0, 0.1) is 0 Å². The minimum atomic E-state index is -1.30. The SMILES string of the molecule is CN(C)C1CN(c2ccc(-n3cc(C(=O)O)c(=O)c4cc(Cl)c(N5CCC[C@H]5COc5ncccc5Cl)cc43)cn2)C1. The van der Waals surface area contributed by atoms with Gasteiger partial charge in [-0.25, -0.2) is 14.8 Å². The molecule has 0 saturated carbocycles. The van der Waals surface area contributed by atoms with E-state index in [2.05, 4.69) is 38.8 Å². The van der Waals surface area contributed by atoms with Crippen molar-refractivity contribution in [2.45, 2.75) is 24.9 Å². The first-order chi connectivity index (χ1) is 20.2. The highest BCUT2D eigenvalue weighted by Gasteiger charge is 2.30. The van der Waals surface area contributed by atoms with Crippen LogP contribution in [0.4, 0.5) is 11.5 Å². The summed E-state index contributed by atoms with van der Waals surface area (Å²) in [5.74, 6) is -0.0879. The second kappa shape index (κ2) is 11.4. The van der Waals surface area contributed by atoms with Gasteiger partial charge in [-0.2, -0.15) is 0 Å². The zero-order valence-electron chi connectivity index (χ0n) is 23.2. The fraction of sp³-hybridized carbons (Fsp3) is 0.333. The van der Waals surface area contributed by atoms with Crippen LogP contribution in [0.5, 0.6) is 5.88 Å². The molecule has 0 unspecified atom stereocenters. The molecule has 3 aromatic heterocycles. The van der Waals surface area contributed by atoms with Crippen LogP contribution in [0.2, 0.25) is 10.0 Å². The van der Waals surface area contributed by atoms with Crippen molar-refractivity contribution in [2.75, 3.05) is 50.1 Å². The largest absolute Gasteiger partial charge is 0.477 e. The molecule has 0 amide bonds. The van der Waals surface area contributed by atoms with Gasteiger partial charge < -0.3 is 29.1 Å². The van der Waals surface area contributed by atoms with E-state index in [1.165, 1.54) is 6.20 Å². The van der Waals surface area contributed by atoms with Gasteiger partial charge in [0, 0.05) is 43.5 Å². The minimum absolute atomic E-state index is 0.0000411. The third-order valence-corrected chi connectivity index (χ3v) is 8.64. The number of hydrogen-bond donors (Lipinski definition) is 1. The maximum absolute atomic E-state index is 13.2. The van der Waals surface area contributed by atoms with Crippen LogP contribution in [0.25, 0.3) is 16.6 Å². The average Bonchev–Trinajstić information content (AvgIpc) is 3.40. The van der Waals surface area contributed by atoms with Gasteiger partial charge in [-0.3, -0.25) is 4.79 Å². The van der Waals surface area contributed by atoms with Crippen LogP contribution in [-0.2, 0) is 0 Å². The van der Waals surface area contributed by atoms with E-state index in [0.717, 1.165) is 44.0 Å². The summed E-state index contributed by atoms with van der Waals surface area (Å²) in [5, 5.41) is 10.8. The molecule has 0 spiro atoms. The predicted octanol–water partition coefficient (Wildman–Crippen LogP) is 4.58. The van der Waals surface area contributed by atoms with Gasteiger partial charge in [0.2, 0.25) is 11.3 Å². The summed E-state index contributed by atoms with van der Waals surface area (Å²) in [6.07, 6.45) is 6.50. The van der Waals surface area contributed by atoms with Crippen LogP contribution < -0.4 is 20.0 Å². The van der Waals surface area contributed by atoms with Crippen LogP contribution in [0.3, 0.4) is 0 Å². The number of pyridine rings is 3. The van der Waals surface area contributed by atoms with Gasteiger partial charge in [-0.15, -0.1) is 0 Å². The fourth-order valence-corrected chi connectivity index (χ4v) is 6.02. The number of aromatic nitrogens is 3. The highest BCUT2D eigenvalue weighted by atomic mass is 35.5. The lowest BCUT2D eigenvalue weighted by Gasteiger charge is -2.43. The van der Waals surface area contributed by atoms with Crippen molar-refractivity contribution in [3.63, 3.8) is 0 Å². The molecule has 0 bridgehead atoms. The summed E-state index contributed by atoms with van der Waals surface area (Å²) < 4.78 is 7.65. The Balaban J connectivity index is 1.36. The summed E-state index contributed by atoms with van der Waals surface area (Å²) in [7, 11) is 4.13. The number of benzene rings is 1. The number of rotatable bonds is 8. The zero-order valence-corrected chi connectivity index (χ0v) is 24.7. The fourth-order valence-electron chi connectivity index (χ4n) is 5.58. The van der Waals surface area contributed by atoms with E-state index in [0.29, 0.717) is 39.8 Å². The van der Waals surface area contributed by atoms with Crippen molar-refractivity contribution < 1.29 is 14.6 Å². The molecule has 2 fully saturated rings. The van der Waals surface area contributed by atoms with Crippen molar-refractivity contribution in [3.05, 3.63) is 80.8 Å². The van der Waals surface area contributed by atoms with Gasteiger partial charge in [0.15, 0.2) is 0 Å². The summed E-state index contributed by atoms with van der Waals surface area (Å²) >= 11 is 13.0. The summed E-state index contributed by atoms with van der Waals surface area (Å²) in [5.41, 5.74) is 0.976. The number of carbonyl (C=O) groups is 1. The Bertz CT molecular complexity index is 1710. The number of hydrogen-bond acceptors (Lipinski definition) is 8. The number of ether oxygens (including phenoxy) is 1. The van der Waals surface area contributed by atoms with E-state index in [1.807, 2.05) is 18.2 Å². The predicted molar refractivity (Wildman–Crippen MR) is 164 cm³/mol. The molecule has 2 aliphatic rings. The lowest BCUT2D eigenvalue weighted by Crippen LogP contribution is -2.57. The van der Waals surface area contributed by atoms with Gasteiger partial charge in [0.25, 0.3) is 0 Å². The first-order valence-electron chi connectivity index (χ1n) is 13.7. The average molecular weight is 610 g/mol. The third kappa shape index (κ3) is 5.26. The highest BCUT2D eigenvalue weighted by Crippen LogP contribution is 2.36. The van der Waals surface area contributed by atoms with Crippen molar-refractivity contribution in [2.24, 2.45) is 0 Å². The Morgan fingerprint density at radius 3 is 2.64 bits per heavy atom. The summed E-state index contributed by atoms with van der Waals surface area (Å²) in [6, 6.07) is 11.2. The van der Waals surface area contributed by atoms with Crippen LogP contribution >= 0.6 is 23.2 Å². The van der Waals surface area contributed by atoms with Crippen LogP contribution in [-0.4, -0.2) is 82.9 Å². The molecular weight excluding hydrogens is 579 g/mol. The van der Waals surface area contributed by atoms with E-state index in [-0.39, 0.29) is 17.0 Å². The Morgan fingerprint density at radius 2 is 1.95 bits per heavy atom. The molecule has 1 aromatic carbocycles. The normalized spacial score (nSPS) is 17.2. The quantitative estimate of drug-likeness (QED) is 0.308. The number of halogens is 2. The summed E-state index contributed by atoms with van der Waals surface area (Å²) in [6.45, 7) is 2.87. The molecule has 218 valence electrons. The Labute approximate surface area is 252 Å². The van der Waals surface area contributed by atoms with Crippen molar-refractivity contribution in [3.8, 4) is 11.6 Å². The van der Waals surface area contributed by atoms with Crippen molar-refractivity contribution in [1.82, 2.24) is 19.4 Å². The monoisotopic (exact) mass is 608 g/mol. The number of carboxylic acid groups (broad SMARTS) is 1. The van der Waals surface area contributed by atoms with E-state index in [1.54, 1.807) is 35.2 Å². The maximum atomic E-state index is 13.2. The molecule has 5 heterocycles. The molecule has 1 N–H and O–H groups in total. The first kappa shape index (κ1) is 28.3. The van der Waals surface area contributed by atoms with Crippen molar-refractivity contribution in [1.29, 1.82) is 0 Å². The second-order valence-electron chi connectivity index (χ2n) is 10.9. The molecule has 10 nitrogen and oxygen atoms in total. The first-order valence-corrected chi connectivity index (χ1v) is 14.5. The second-order valence-corrected chi connectivity index (χ2v) is 11.7. The maximum Gasteiger partial charge on any atom is 0.341 e. The molecule has 42 heavy (non-hydrogen) atoms. The van der Waals surface area contributed by atoms with E-state index >= 15 is 0 Å².